The number of halogens is 4. The van der Waals surface area contributed by atoms with Crippen molar-refractivity contribution in [2.45, 2.75) is 23.5 Å². The Balaban J connectivity index is 1.78. The molecule has 1 aromatic carbocycles. The first-order valence-electron chi connectivity index (χ1n) is 7.52. The van der Waals surface area contributed by atoms with Crippen molar-refractivity contribution in [3.8, 4) is 0 Å². The summed E-state index contributed by atoms with van der Waals surface area (Å²) in [7, 11) is 0. The van der Waals surface area contributed by atoms with Crippen LogP contribution in [-0.2, 0) is 11.0 Å². The first-order valence-corrected chi connectivity index (χ1v) is 8.78. The number of nitrogens with one attached hydrogen (secondary N) is 1. The van der Waals surface area contributed by atoms with Crippen molar-refractivity contribution in [3.05, 3.63) is 59.4 Å². The quantitative estimate of drug-likeness (QED) is 0.619. The zero-order chi connectivity index (χ0) is 18.9. The number of imidazole rings is 1. The van der Waals surface area contributed by atoms with Crippen molar-refractivity contribution >= 4 is 40.5 Å². The molecule has 9 heteroatoms. The number of anilines is 1. The van der Waals surface area contributed by atoms with Crippen molar-refractivity contribution in [3.63, 3.8) is 0 Å². The Hall–Kier alpha value is -2.19. The molecule has 3 aromatic rings. The Kier molecular flexibility index (Phi) is 5.15. The molecule has 0 aliphatic heterocycles. The summed E-state index contributed by atoms with van der Waals surface area (Å²) in [5.74, 6) is -0.560. The van der Waals surface area contributed by atoms with E-state index in [9.17, 15) is 18.0 Å². The number of carbonyl (C=O) groups excluding carboxylic acids is 1. The van der Waals surface area contributed by atoms with Crippen molar-refractivity contribution in [2.24, 2.45) is 0 Å². The summed E-state index contributed by atoms with van der Waals surface area (Å²) in [6.45, 7) is 1.60. The third-order valence-electron chi connectivity index (χ3n) is 3.60. The van der Waals surface area contributed by atoms with Gasteiger partial charge in [-0.05, 0) is 37.3 Å². The minimum absolute atomic E-state index is 0.0541. The van der Waals surface area contributed by atoms with Crippen LogP contribution in [0.2, 0.25) is 5.02 Å². The number of benzene rings is 1. The lowest BCUT2D eigenvalue weighted by molar-refractivity contribution is -0.137. The van der Waals surface area contributed by atoms with Crippen LogP contribution in [-0.4, -0.2) is 20.5 Å². The predicted octanol–water partition coefficient (Wildman–Crippen LogP) is 5.13. The summed E-state index contributed by atoms with van der Waals surface area (Å²) in [5, 5.41) is 2.20. The van der Waals surface area contributed by atoms with E-state index in [1.165, 1.54) is 6.07 Å². The van der Waals surface area contributed by atoms with E-state index in [1.807, 2.05) is 18.2 Å². The Morgan fingerprint density at radius 1 is 1.31 bits per heavy atom. The smallest absolute Gasteiger partial charge is 0.325 e. The van der Waals surface area contributed by atoms with E-state index < -0.39 is 22.9 Å². The van der Waals surface area contributed by atoms with Gasteiger partial charge in [-0.25, -0.2) is 4.98 Å². The molecule has 0 bridgehead atoms. The normalized spacial score (nSPS) is 13.0. The predicted molar refractivity (Wildman–Crippen MR) is 95.6 cm³/mol. The van der Waals surface area contributed by atoms with Gasteiger partial charge < -0.3 is 5.32 Å². The maximum absolute atomic E-state index is 13.1. The molecule has 3 rings (SSSR count). The Morgan fingerprint density at radius 3 is 2.81 bits per heavy atom. The zero-order valence-corrected chi connectivity index (χ0v) is 15.0. The summed E-state index contributed by atoms with van der Waals surface area (Å²) >= 11 is 6.80. The highest BCUT2D eigenvalue weighted by Crippen LogP contribution is 2.37. The standard InChI is InChI=1S/C17H13ClF3N3OS/c1-10(26-16-22-9-12-4-2-3-7-24(12)16)15(25)23-14-6-5-11(18)8-13(14)17(19,20)21/h2-10H,1H3,(H,23,25). The summed E-state index contributed by atoms with van der Waals surface area (Å²) in [5.41, 5.74) is -0.450. The van der Waals surface area contributed by atoms with Gasteiger partial charge in [-0.3, -0.25) is 9.20 Å². The molecular weight excluding hydrogens is 387 g/mol. The second-order valence-corrected chi connectivity index (χ2v) is 7.22. The molecule has 0 spiro atoms. The van der Waals surface area contributed by atoms with E-state index >= 15 is 0 Å². The fourth-order valence-corrected chi connectivity index (χ4v) is 3.36. The number of amides is 1. The molecule has 4 nitrogen and oxygen atoms in total. The molecule has 0 radical (unpaired) electrons. The molecule has 0 aliphatic carbocycles. The van der Waals surface area contributed by atoms with Crippen LogP contribution in [0.5, 0.6) is 0 Å². The van der Waals surface area contributed by atoms with Crippen LogP contribution in [0.15, 0.2) is 53.9 Å². The number of hydrogen-bond acceptors (Lipinski definition) is 3. The van der Waals surface area contributed by atoms with Crippen molar-refractivity contribution < 1.29 is 18.0 Å². The van der Waals surface area contributed by atoms with E-state index in [0.717, 1.165) is 29.4 Å². The Labute approximate surface area is 156 Å². The second kappa shape index (κ2) is 7.20. The van der Waals surface area contributed by atoms with Crippen LogP contribution < -0.4 is 5.32 Å². The molecule has 0 aliphatic rings. The number of carbonyl (C=O) groups is 1. The summed E-state index contributed by atoms with van der Waals surface area (Å²) in [6.07, 6.45) is -1.16. The fourth-order valence-electron chi connectivity index (χ4n) is 2.31. The monoisotopic (exact) mass is 399 g/mol. The third kappa shape index (κ3) is 3.96. The van der Waals surface area contributed by atoms with Gasteiger partial charge in [0.1, 0.15) is 0 Å². The Morgan fingerprint density at radius 2 is 2.08 bits per heavy atom. The molecule has 1 atom stereocenters. The molecule has 1 unspecified atom stereocenters. The van der Waals surface area contributed by atoms with Gasteiger partial charge in [-0.2, -0.15) is 13.2 Å². The van der Waals surface area contributed by atoms with E-state index in [0.29, 0.717) is 5.16 Å². The lowest BCUT2D eigenvalue weighted by atomic mass is 10.1. The maximum atomic E-state index is 13.1. The van der Waals surface area contributed by atoms with Gasteiger partial charge in [-0.1, -0.05) is 29.4 Å². The summed E-state index contributed by atoms with van der Waals surface area (Å²) < 4.78 is 41.2. The molecule has 1 amide bonds. The number of thioether (sulfide) groups is 1. The van der Waals surface area contributed by atoms with Gasteiger partial charge in [0.15, 0.2) is 5.16 Å². The van der Waals surface area contributed by atoms with Crippen molar-refractivity contribution in [2.75, 3.05) is 5.32 Å². The van der Waals surface area contributed by atoms with Crippen LogP contribution in [0.3, 0.4) is 0 Å². The molecule has 2 aromatic heterocycles. The summed E-state index contributed by atoms with van der Waals surface area (Å²) in [4.78, 5) is 16.6. The number of nitrogens with zero attached hydrogens (tertiary/aromatic N) is 2. The van der Waals surface area contributed by atoms with Crippen LogP contribution in [0, 0.1) is 0 Å². The van der Waals surface area contributed by atoms with Crippen LogP contribution in [0.1, 0.15) is 12.5 Å². The number of aromatic nitrogens is 2. The van der Waals surface area contributed by atoms with E-state index in [1.54, 1.807) is 23.7 Å². The molecule has 0 saturated heterocycles. The lowest BCUT2D eigenvalue weighted by Gasteiger charge is -2.16. The van der Waals surface area contributed by atoms with E-state index in [-0.39, 0.29) is 10.7 Å². The van der Waals surface area contributed by atoms with E-state index in [4.69, 9.17) is 11.6 Å². The molecule has 2 heterocycles. The number of rotatable bonds is 4. The Bertz CT molecular complexity index is 958. The molecule has 0 saturated carbocycles. The van der Waals surface area contributed by atoms with Crippen LogP contribution in [0.25, 0.3) is 5.52 Å². The van der Waals surface area contributed by atoms with Gasteiger partial charge in [0, 0.05) is 11.2 Å². The average molecular weight is 400 g/mol. The lowest BCUT2D eigenvalue weighted by Crippen LogP contribution is -2.24. The zero-order valence-electron chi connectivity index (χ0n) is 13.4. The molecule has 136 valence electrons. The van der Waals surface area contributed by atoms with Gasteiger partial charge in [0.05, 0.1) is 28.2 Å². The number of alkyl halides is 3. The highest BCUT2D eigenvalue weighted by molar-refractivity contribution is 8.00. The number of hydrogen-bond donors (Lipinski definition) is 1. The number of pyridine rings is 1. The van der Waals surface area contributed by atoms with Crippen LogP contribution >= 0.6 is 23.4 Å². The minimum atomic E-state index is -4.62. The molecule has 26 heavy (non-hydrogen) atoms. The number of fused-ring (bicyclic) bond motifs is 1. The highest BCUT2D eigenvalue weighted by atomic mass is 35.5. The highest BCUT2D eigenvalue weighted by Gasteiger charge is 2.34. The van der Waals surface area contributed by atoms with Gasteiger partial charge >= 0.3 is 6.18 Å². The molecular formula is C17H13ClF3N3OS. The average Bonchev–Trinajstić information content (AvgIpc) is 2.98. The van der Waals surface area contributed by atoms with E-state index in [2.05, 4.69) is 10.3 Å². The minimum Gasteiger partial charge on any atom is -0.325 e. The van der Waals surface area contributed by atoms with Gasteiger partial charge in [0.25, 0.3) is 0 Å². The van der Waals surface area contributed by atoms with Gasteiger partial charge in [0.2, 0.25) is 5.91 Å². The van der Waals surface area contributed by atoms with Crippen molar-refractivity contribution in [1.29, 1.82) is 0 Å². The molecule has 0 fully saturated rings. The topological polar surface area (TPSA) is 46.4 Å². The fraction of sp³-hybridized carbons (Fsp3) is 0.176. The SMILES string of the molecule is CC(Sc1ncc2ccccn12)C(=O)Nc1ccc(Cl)cc1C(F)(F)F. The van der Waals surface area contributed by atoms with Crippen LogP contribution in [0.4, 0.5) is 18.9 Å². The first-order chi connectivity index (χ1) is 12.3. The van der Waals surface area contributed by atoms with Gasteiger partial charge in [-0.15, -0.1) is 0 Å². The second-order valence-electron chi connectivity index (χ2n) is 5.47. The molecule has 1 N–H and O–H groups in total. The largest absolute Gasteiger partial charge is 0.418 e. The van der Waals surface area contributed by atoms with Crippen molar-refractivity contribution in [1.82, 2.24) is 9.38 Å². The summed E-state index contributed by atoms with van der Waals surface area (Å²) in [6, 6.07) is 8.79. The first kappa shape index (κ1) is 18.6. The maximum Gasteiger partial charge on any atom is 0.418 e. The third-order valence-corrected chi connectivity index (χ3v) is 4.92.